The van der Waals surface area contributed by atoms with Gasteiger partial charge in [0.1, 0.15) is 6.61 Å². The highest BCUT2D eigenvalue weighted by Crippen LogP contribution is 2.38. The van der Waals surface area contributed by atoms with Gasteiger partial charge in [-0.25, -0.2) is 0 Å². The Bertz CT molecular complexity index is 519. The van der Waals surface area contributed by atoms with Gasteiger partial charge in [-0.15, -0.1) is 0 Å². The first-order valence-corrected chi connectivity index (χ1v) is 7.94. The van der Waals surface area contributed by atoms with Crippen LogP contribution in [0.1, 0.15) is 31.2 Å². The standard InChI is InChI=1S/C17H22N2O2/c20-16-11-21-17(8-14-6-7-15(9-17)18-14)12-19(16)10-13-4-2-1-3-5-13/h1-5,14-15,18H,6-12H2/t14-,15+,17?. The van der Waals surface area contributed by atoms with E-state index in [0.717, 1.165) is 19.4 Å². The number of piperidine rings is 1. The van der Waals surface area contributed by atoms with E-state index in [2.05, 4.69) is 17.4 Å². The summed E-state index contributed by atoms with van der Waals surface area (Å²) in [7, 11) is 0. The van der Waals surface area contributed by atoms with Crippen molar-refractivity contribution in [3.8, 4) is 0 Å². The minimum absolute atomic E-state index is 0.111. The molecule has 3 saturated heterocycles. The van der Waals surface area contributed by atoms with Crippen LogP contribution in [0, 0.1) is 0 Å². The summed E-state index contributed by atoms with van der Waals surface area (Å²) in [5, 5.41) is 3.65. The number of morpholine rings is 1. The molecule has 3 heterocycles. The number of hydrogen-bond donors (Lipinski definition) is 1. The quantitative estimate of drug-likeness (QED) is 0.899. The van der Waals surface area contributed by atoms with E-state index in [0.29, 0.717) is 18.6 Å². The number of rotatable bonds is 2. The highest BCUT2D eigenvalue weighted by molar-refractivity contribution is 5.78. The van der Waals surface area contributed by atoms with Crippen LogP contribution < -0.4 is 5.32 Å². The largest absolute Gasteiger partial charge is 0.363 e. The van der Waals surface area contributed by atoms with E-state index in [1.807, 2.05) is 23.1 Å². The Morgan fingerprint density at radius 3 is 2.62 bits per heavy atom. The van der Waals surface area contributed by atoms with Gasteiger partial charge in [0.25, 0.3) is 0 Å². The van der Waals surface area contributed by atoms with E-state index in [9.17, 15) is 4.79 Å². The second-order valence-electron chi connectivity index (χ2n) is 6.75. The van der Waals surface area contributed by atoms with E-state index in [1.54, 1.807) is 0 Å². The van der Waals surface area contributed by atoms with Crippen LogP contribution >= 0.6 is 0 Å². The first-order chi connectivity index (χ1) is 10.2. The van der Waals surface area contributed by atoms with Crippen molar-refractivity contribution in [1.82, 2.24) is 10.2 Å². The van der Waals surface area contributed by atoms with Gasteiger partial charge in [0.05, 0.1) is 12.1 Å². The zero-order valence-electron chi connectivity index (χ0n) is 12.3. The van der Waals surface area contributed by atoms with E-state index < -0.39 is 0 Å². The summed E-state index contributed by atoms with van der Waals surface area (Å²) < 4.78 is 6.04. The zero-order chi connectivity index (χ0) is 14.3. The number of fused-ring (bicyclic) bond motifs is 2. The van der Waals surface area contributed by atoms with Crippen molar-refractivity contribution in [3.63, 3.8) is 0 Å². The fraction of sp³-hybridized carbons (Fsp3) is 0.588. The minimum atomic E-state index is -0.111. The van der Waals surface area contributed by atoms with Crippen LogP contribution in [-0.2, 0) is 16.1 Å². The first kappa shape index (κ1) is 13.3. The summed E-state index contributed by atoms with van der Waals surface area (Å²) in [5.41, 5.74) is 1.08. The molecule has 2 bridgehead atoms. The van der Waals surface area contributed by atoms with Gasteiger partial charge in [-0.2, -0.15) is 0 Å². The third kappa shape index (κ3) is 2.58. The molecule has 3 aliphatic heterocycles. The van der Waals surface area contributed by atoms with Crippen LogP contribution in [0.15, 0.2) is 30.3 Å². The van der Waals surface area contributed by atoms with Crippen LogP contribution in [0.3, 0.4) is 0 Å². The van der Waals surface area contributed by atoms with Crippen molar-refractivity contribution >= 4 is 5.91 Å². The molecule has 0 aromatic heterocycles. The molecule has 1 N–H and O–H groups in total. The summed E-state index contributed by atoms with van der Waals surface area (Å²) in [6.45, 7) is 1.69. The second-order valence-corrected chi connectivity index (χ2v) is 6.75. The van der Waals surface area contributed by atoms with E-state index in [1.165, 1.54) is 18.4 Å². The molecule has 3 atom stereocenters. The number of carbonyl (C=O) groups is 1. The molecule has 1 amide bonds. The van der Waals surface area contributed by atoms with Crippen LogP contribution in [0.4, 0.5) is 0 Å². The third-order valence-corrected chi connectivity index (χ3v) is 5.12. The number of benzene rings is 1. The van der Waals surface area contributed by atoms with Crippen molar-refractivity contribution in [2.75, 3.05) is 13.2 Å². The Kier molecular flexibility index (Phi) is 3.23. The Morgan fingerprint density at radius 1 is 1.19 bits per heavy atom. The average Bonchev–Trinajstić information content (AvgIpc) is 2.84. The van der Waals surface area contributed by atoms with Gasteiger partial charge in [-0.1, -0.05) is 30.3 Å². The van der Waals surface area contributed by atoms with E-state index >= 15 is 0 Å². The molecule has 4 heteroatoms. The van der Waals surface area contributed by atoms with Gasteiger partial charge in [-0.3, -0.25) is 4.79 Å². The Morgan fingerprint density at radius 2 is 1.90 bits per heavy atom. The minimum Gasteiger partial charge on any atom is -0.363 e. The number of amides is 1. The van der Waals surface area contributed by atoms with Crippen LogP contribution in [0.25, 0.3) is 0 Å². The van der Waals surface area contributed by atoms with Gasteiger partial charge >= 0.3 is 0 Å². The summed E-state index contributed by atoms with van der Waals surface area (Å²) in [6.07, 6.45) is 4.59. The number of hydrogen-bond acceptors (Lipinski definition) is 3. The van der Waals surface area contributed by atoms with Gasteiger partial charge in [0, 0.05) is 18.6 Å². The SMILES string of the molecule is O=C1COC2(C[C@H]3CC[C@@H](C2)N3)CN1Cc1ccccc1. The predicted molar refractivity (Wildman–Crippen MR) is 79.7 cm³/mol. The molecule has 3 fully saturated rings. The van der Waals surface area contributed by atoms with Gasteiger partial charge in [0.15, 0.2) is 0 Å². The number of nitrogens with one attached hydrogen (secondary N) is 1. The molecule has 0 radical (unpaired) electrons. The topological polar surface area (TPSA) is 41.6 Å². The Balaban J connectivity index is 1.50. The molecule has 21 heavy (non-hydrogen) atoms. The summed E-state index contributed by atoms with van der Waals surface area (Å²) >= 11 is 0. The number of nitrogens with zero attached hydrogens (tertiary/aromatic N) is 1. The lowest BCUT2D eigenvalue weighted by molar-refractivity contribution is -0.171. The molecular formula is C17H22N2O2. The Hall–Kier alpha value is -1.39. The number of ether oxygens (including phenoxy) is 1. The Labute approximate surface area is 125 Å². The summed E-state index contributed by atoms with van der Waals surface area (Å²) in [5.74, 6) is 0.121. The van der Waals surface area contributed by atoms with Gasteiger partial charge in [0.2, 0.25) is 5.91 Å². The molecular weight excluding hydrogens is 264 g/mol. The van der Waals surface area contributed by atoms with Gasteiger partial charge in [-0.05, 0) is 31.2 Å². The molecule has 112 valence electrons. The maximum Gasteiger partial charge on any atom is 0.248 e. The fourth-order valence-corrected chi connectivity index (χ4v) is 4.19. The lowest BCUT2D eigenvalue weighted by Gasteiger charge is -2.47. The predicted octanol–water partition coefficient (Wildman–Crippen LogP) is 1.70. The van der Waals surface area contributed by atoms with Crippen molar-refractivity contribution in [3.05, 3.63) is 35.9 Å². The van der Waals surface area contributed by atoms with Crippen LogP contribution in [-0.4, -0.2) is 41.6 Å². The highest BCUT2D eigenvalue weighted by atomic mass is 16.5. The van der Waals surface area contributed by atoms with Crippen molar-refractivity contribution in [2.45, 2.75) is 49.9 Å². The molecule has 4 rings (SSSR count). The maximum absolute atomic E-state index is 12.2. The van der Waals surface area contributed by atoms with Gasteiger partial charge < -0.3 is 15.0 Å². The van der Waals surface area contributed by atoms with E-state index in [-0.39, 0.29) is 18.1 Å². The second kappa shape index (κ2) is 5.11. The van der Waals surface area contributed by atoms with Crippen molar-refractivity contribution in [2.24, 2.45) is 0 Å². The molecule has 0 aliphatic carbocycles. The maximum atomic E-state index is 12.2. The van der Waals surface area contributed by atoms with E-state index in [4.69, 9.17) is 4.74 Å². The van der Waals surface area contributed by atoms with Crippen LogP contribution in [0.5, 0.6) is 0 Å². The molecule has 4 nitrogen and oxygen atoms in total. The molecule has 1 unspecified atom stereocenters. The highest BCUT2D eigenvalue weighted by Gasteiger charge is 2.48. The monoisotopic (exact) mass is 286 g/mol. The van der Waals surface area contributed by atoms with Crippen LogP contribution in [0.2, 0.25) is 0 Å². The van der Waals surface area contributed by atoms with Crippen molar-refractivity contribution < 1.29 is 9.53 Å². The summed E-state index contributed by atoms with van der Waals surface area (Å²) in [4.78, 5) is 14.2. The smallest absolute Gasteiger partial charge is 0.248 e. The molecule has 1 spiro atoms. The normalized spacial score (nSPS) is 35.4. The third-order valence-electron chi connectivity index (χ3n) is 5.12. The average molecular weight is 286 g/mol. The lowest BCUT2D eigenvalue weighted by atomic mass is 9.85. The molecule has 3 aliphatic rings. The summed E-state index contributed by atoms with van der Waals surface area (Å²) in [6, 6.07) is 11.4. The first-order valence-electron chi connectivity index (χ1n) is 7.94. The zero-order valence-corrected chi connectivity index (χ0v) is 12.3. The van der Waals surface area contributed by atoms with Crippen molar-refractivity contribution in [1.29, 1.82) is 0 Å². The number of carbonyl (C=O) groups excluding carboxylic acids is 1. The molecule has 0 saturated carbocycles. The lowest BCUT2D eigenvalue weighted by Crippen LogP contribution is -2.60. The molecule has 1 aromatic rings. The molecule has 1 aromatic carbocycles. The fourth-order valence-electron chi connectivity index (χ4n) is 4.19.